The molecule has 0 saturated carbocycles. The molecular formula is C9H12FN3O5S2. The minimum atomic E-state index is -4.24. The van der Waals surface area contributed by atoms with Crippen LogP contribution in [0, 0.1) is 5.82 Å². The summed E-state index contributed by atoms with van der Waals surface area (Å²) in [6, 6.07) is 3.08. The molecule has 4 N–H and O–H groups in total. The lowest BCUT2D eigenvalue weighted by molar-refractivity contribution is 0.318. The van der Waals surface area contributed by atoms with E-state index in [1.807, 2.05) is 0 Å². The third kappa shape index (κ3) is 4.66. The summed E-state index contributed by atoms with van der Waals surface area (Å²) in [6.07, 6.45) is 0.740. The van der Waals surface area contributed by atoms with Crippen LogP contribution in [0.15, 0.2) is 23.4 Å². The minimum absolute atomic E-state index is 0.0380. The lowest BCUT2D eigenvalue weighted by Gasteiger charge is -2.09. The lowest BCUT2D eigenvalue weighted by Crippen LogP contribution is -2.23. The van der Waals surface area contributed by atoms with Gasteiger partial charge >= 0.3 is 0 Å². The van der Waals surface area contributed by atoms with Gasteiger partial charge in [-0.1, -0.05) is 5.16 Å². The summed E-state index contributed by atoms with van der Waals surface area (Å²) >= 11 is 0. The van der Waals surface area contributed by atoms with Crippen molar-refractivity contribution < 1.29 is 26.4 Å². The Hall–Kier alpha value is -1.88. The van der Waals surface area contributed by atoms with Crippen LogP contribution in [0.25, 0.3) is 0 Å². The van der Waals surface area contributed by atoms with Crippen molar-refractivity contribution in [2.24, 2.45) is 10.9 Å². The monoisotopic (exact) mass is 325 g/mol. The smallest absolute Gasteiger partial charge is 0.247 e. The first-order valence-electron chi connectivity index (χ1n) is 5.00. The molecule has 0 bridgehead atoms. The summed E-state index contributed by atoms with van der Waals surface area (Å²) in [5.41, 5.74) is 4.84. The van der Waals surface area contributed by atoms with Gasteiger partial charge in [-0.05, 0) is 18.2 Å². The van der Waals surface area contributed by atoms with Crippen LogP contribution in [-0.2, 0) is 19.9 Å². The number of benzene rings is 1. The Balaban J connectivity index is 3.06. The van der Waals surface area contributed by atoms with Gasteiger partial charge in [0.1, 0.15) is 5.82 Å². The molecule has 0 aliphatic heterocycles. The highest BCUT2D eigenvalue weighted by Crippen LogP contribution is 2.17. The Bertz CT molecular complexity index is 743. The van der Waals surface area contributed by atoms with Gasteiger partial charge < -0.3 is 10.9 Å². The zero-order valence-electron chi connectivity index (χ0n) is 10.2. The van der Waals surface area contributed by atoms with E-state index in [4.69, 9.17) is 10.9 Å². The molecule has 112 valence electrons. The number of anilines is 1. The minimum Gasteiger partial charge on any atom is -0.409 e. The second kappa shape index (κ2) is 5.63. The van der Waals surface area contributed by atoms with Crippen LogP contribution in [-0.4, -0.2) is 39.2 Å². The molecule has 0 unspecified atom stereocenters. The molecule has 20 heavy (non-hydrogen) atoms. The van der Waals surface area contributed by atoms with Gasteiger partial charge in [-0.3, -0.25) is 4.72 Å². The number of oxime groups is 1. The molecule has 0 aliphatic carbocycles. The van der Waals surface area contributed by atoms with Gasteiger partial charge in [0.25, 0.3) is 0 Å². The molecule has 0 amide bonds. The number of sulfonamides is 1. The number of hydrogen-bond acceptors (Lipinski definition) is 6. The van der Waals surface area contributed by atoms with Gasteiger partial charge in [0.05, 0.1) is 5.69 Å². The molecular weight excluding hydrogens is 313 g/mol. The maximum atomic E-state index is 13.6. The van der Waals surface area contributed by atoms with Gasteiger partial charge in [-0.15, -0.1) is 0 Å². The van der Waals surface area contributed by atoms with Crippen LogP contribution in [0.2, 0.25) is 0 Å². The van der Waals surface area contributed by atoms with Crippen LogP contribution < -0.4 is 10.5 Å². The first-order valence-corrected chi connectivity index (χ1v) is 8.71. The highest BCUT2D eigenvalue weighted by atomic mass is 32.3. The number of halogens is 1. The van der Waals surface area contributed by atoms with Gasteiger partial charge in [0.15, 0.2) is 20.8 Å². The molecule has 0 fully saturated rings. The molecule has 0 atom stereocenters. The van der Waals surface area contributed by atoms with Crippen LogP contribution in [0.5, 0.6) is 0 Å². The van der Waals surface area contributed by atoms with E-state index in [2.05, 4.69) is 5.16 Å². The van der Waals surface area contributed by atoms with Crippen molar-refractivity contribution in [3.05, 3.63) is 29.6 Å². The van der Waals surface area contributed by atoms with E-state index in [1.165, 1.54) is 6.07 Å². The fraction of sp³-hybridized carbons (Fsp3) is 0.222. The number of nitrogens with zero attached hydrogens (tertiary/aromatic N) is 1. The normalized spacial score (nSPS) is 13.2. The SMILES string of the molecule is CS(=O)(=O)CS(=O)(=O)Nc1ccc(/C(N)=N/O)cc1F. The van der Waals surface area contributed by atoms with E-state index in [0.717, 1.165) is 18.4 Å². The number of amidine groups is 1. The first kappa shape index (κ1) is 16.2. The van der Waals surface area contributed by atoms with Crippen molar-refractivity contribution in [2.45, 2.75) is 0 Å². The summed E-state index contributed by atoms with van der Waals surface area (Å²) < 4.78 is 60.3. The van der Waals surface area contributed by atoms with Crippen LogP contribution >= 0.6 is 0 Å². The molecule has 11 heteroatoms. The van der Waals surface area contributed by atoms with E-state index < -0.39 is 36.5 Å². The standard InChI is InChI=1S/C9H12FN3O5S2/c1-19(15,16)5-20(17,18)13-8-3-2-6(4-7(8)10)9(11)12-14/h2-4,13-14H,5H2,1H3,(H2,11,12). The van der Waals surface area contributed by atoms with E-state index in [0.29, 0.717) is 0 Å². The van der Waals surface area contributed by atoms with Gasteiger partial charge in [0, 0.05) is 11.8 Å². The number of nitrogens with two attached hydrogens (primary N) is 1. The largest absolute Gasteiger partial charge is 0.409 e. The Kier molecular flexibility index (Phi) is 4.55. The Labute approximate surface area is 115 Å². The van der Waals surface area contributed by atoms with Crippen molar-refractivity contribution >= 4 is 31.4 Å². The van der Waals surface area contributed by atoms with E-state index in [-0.39, 0.29) is 11.4 Å². The van der Waals surface area contributed by atoms with Crippen molar-refractivity contribution in [2.75, 3.05) is 16.1 Å². The fourth-order valence-corrected chi connectivity index (χ4v) is 4.28. The van der Waals surface area contributed by atoms with Crippen molar-refractivity contribution in [1.29, 1.82) is 0 Å². The molecule has 1 rings (SSSR count). The van der Waals surface area contributed by atoms with Gasteiger partial charge in [-0.25, -0.2) is 21.2 Å². The average Bonchev–Trinajstić information content (AvgIpc) is 2.27. The second-order valence-corrected chi connectivity index (χ2v) is 8.17. The third-order valence-corrected chi connectivity index (χ3v) is 5.49. The quantitative estimate of drug-likeness (QED) is 0.293. The van der Waals surface area contributed by atoms with Crippen molar-refractivity contribution in [3.8, 4) is 0 Å². The van der Waals surface area contributed by atoms with Crippen LogP contribution in [0.3, 0.4) is 0 Å². The number of sulfone groups is 1. The predicted molar refractivity (Wildman–Crippen MR) is 71.2 cm³/mol. The lowest BCUT2D eigenvalue weighted by atomic mass is 10.2. The maximum Gasteiger partial charge on any atom is 0.247 e. The van der Waals surface area contributed by atoms with E-state index in [9.17, 15) is 21.2 Å². The predicted octanol–water partition coefficient (Wildman–Crippen LogP) is -0.336. The molecule has 8 nitrogen and oxygen atoms in total. The van der Waals surface area contributed by atoms with E-state index >= 15 is 0 Å². The fourth-order valence-electron chi connectivity index (χ4n) is 1.29. The highest BCUT2D eigenvalue weighted by molar-refractivity contribution is 8.08. The van der Waals surface area contributed by atoms with E-state index in [1.54, 1.807) is 4.72 Å². The van der Waals surface area contributed by atoms with Gasteiger partial charge in [0.2, 0.25) is 10.0 Å². The molecule has 0 aliphatic rings. The van der Waals surface area contributed by atoms with Crippen molar-refractivity contribution in [1.82, 2.24) is 0 Å². The topological polar surface area (TPSA) is 139 Å². The molecule has 1 aromatic rings. The average molecular weight is 325 g/mol. The molecule has 0 heterocycles. The zero-order chi connectivity index (χ0) is 15.6. The molecule has 0 radical (unpaired) electrons. The molecule has 1 aromatic carbocycles. The second-order valence-electron chi connectivity index (χ2n) is 3.94. The number of nitrogens with one attached hydrogen (secondary N) is 1. The highest BCUT2D eigenvalue weighted by Gasteiger charge is 2.19. The number of hydrogen-bond donors (Lipinski definition) is 3. The Morgan fingerprint density at radius 1 is 1.40 bits per heavy atom. The van der Waals surface area contributed by atoms with Crippen LogP contribution in [0.4, 0.5) is 10.1 Å². The Morgan fingerprint density at radius 2 is 2.00 bits per heavy atom. The summed E-state index contributed by atoms with van der Waals surface area (Å²) in [7, 11) is -8.03. The van der Waals surface area contributed by atoms with Gasteiger partial charge in [-0.2, -0.15) is 0 Å². The van der Waals surface area contributed by atoms with Crippen molar-refractivity contribution in [3.63, 3.8) is 0 Å². The Morgan fingerprint density at radius 3 is 2.45 bits per heavy atom. The maximum absolute atomic E-state index is 13.6. The zero-order valence-corrected chi connectivity index (χ0v) is 11.9. The molecule has 0 saturated heterocycles. The summed E-state index contributed by atoms with van der Waals surface area (Å²) in [5.74, 6) is -1.35. The third-order valence-electron chi connectivity index (χ3n) is 2.01. The summed E-state index contributed by atoms with van der Waals surface area (Å²) in [5, 5.41) is 9.92. The molecule has 0 aromatic heterocycles. The number of rotatable bonds is 5. The first-order chi connectivity index (χ1) is 9.04. The summed E-state index contributed by atoms with van der Waals surface area (Å²) in [4.78, 5) is 0. The van der Waals surface area contributed by atoms with Crippen LogP contribution in [0.1, 0.15) is 5.56 Å². The summed E-state index contributed by atoms with van der Waals surface area (Å²) in [6.45, 7) is 0. The molecule has 0 spiro atoms.